The first-order chi connectivity index (χ1) is 17.1. The molecule has 0 amide bonds. The lowest BCUT2D eigenvalue weighted by Crippen LogP contribution is -2.51. The molecule has 1 aromatic heterocycles. The van der Waals surface area contributed by atoms with E-state index in [0.717, 1.165) is 13.0 Å². The minimum absolute atomic E-state index is 0.0636. The second-order valence-electron chi connectivity index (χ2n) is 9.70. The third kappa shape index (κ3) is 4.35. The van der Waals surface area contributed by atoms with E-state index in [-0.39, 0.29) is 6.04 Å². The van der Waals surface area contributed by atoms with Crippen molar-refractivity contribution < 1.29 is 5.11 Å². The molecule has 1 heterocycles. The molecular weight excluding hydrogens is 428 g/mol. The second kappa shape index (κ2) is 9.85. The van der Waals surface area contributed by atoms with E-state index in [2.05, 4.69) is 116 Å². The van der Waals surface area contributed by atoms with E-state index >= 15 is 0 Å². The van der Waals surface area contributed by atoms with Gasteiger partial charge < -0.3 is 15.0 Å². The Bertz CT molecular complexity index is 1410. The Morgan fingerprint density at radius 3 is 1.97 bits per heavy atom. The number of aromatic nitrogens is 1. The van der Waals surface area contributed by atoms with Crippen LogP contribution in [0.4, 0.5) is 0 Å². The van der Waals surface area contributed by atoms with Gasteiger partial charge in [-0.05, 0) is 71.0 Å². The Morgan fingerprint density at radius 1 is 0.800 bits per heavy atom. The summed E-state index contributed by atoms with van der Waals surface area (Å²) in [4.78, 5) is 0. The van der Waals surface area contributed by atoms with E-state index in [9.17, 15) is 5.11 Å². The summed E-state index contributed by atoms with van der Waals surface area (Å²) in [6.07, 6.45) is 4.49. The predicted molar refractivity (Wildman–Crippen MR) is 149 cm³/mol. The van der Waals surface area contributed by atoms with Crippen LogP contribution in [0.1, 0.15) is 44.7 Å². The predicted octanol–water partition coefficient (Wildman–Crippen LogP) is 7.22. The van der Waals surface area contributed by atoms with Crippen molar-refractivity contribution in [2.75, 3.05) is 0 Å². The summed E-state index contributed by atoms with van der Waals surface area (Å²) in [5.74, 6) is 0. The highest BCUT2D eigenvalue weighted by Crippen LogP contribution is 2.31. The molecular formula is C32H36N2O. The molecule has 0 fully saturated rings. The summed E-state index contributed by atoms with van der Waals surface area (Å²) in [7, 11) is 0. The van der Waals surface area contributed by atoms with Crippen molar-refractivity contribution in [2.24, 2.45) is 0 Å². The zero-order valence-electron chi connectivity index (χ0n) is 21.1. The molecule has 1 atom stereocenters. The third-order valence-electron chi connectivity index (χ3n) is 7.92. The number of nitrogens with one attached hydrogen (secondary N) is 1. The van der Waals surface area contributed by atoms with Crippen LogP contribution in [0.2, 0.25) is 0 Å². The number of hydrogen-bond donors (Lipinski definition) is 2. The summed E-state index contributed by atoms with van der Waals surface area (Å²) in [6, 6.07) is 28.1. The topological polar surface area (TPSA) is 37.2 Å². The highest BCUT2D eigenvalue weighted by molar-refractivity contribution is 6.02. The molecule has 0 saturated carbocycles. The average molecular weight is 465 g/mol. The van der Waals surface area contributed by atoms with Crippen molar-refractivity contribution in [1.29, 1.82) is 0 Å². The maximum Gasteiger partial charge on any atom is 0.0798 e. The van der Waals surface area contributed by atoms with Crippen LogP contribution < -0.4 is 5.32 Å². The Hall–Kier alpha value is -3.14. The van der Waals surface area contributed by atoms with Crippen molar-refractivity contribution in [1.82, 2.24) is 9.88 Å². The Morgan fingerprint density at radius 2 is 1.37 bits per heavy atom. The van der Waals surface area contributed by atoms with Gasteiger partial charge in [0.05, 0.1) is 5.60 Å². The van der Waals surface area contributed by atoms with Gasteiger partial charge in [0.2, 0.25) is 0 Å². The Balaban J connectivity index is 1.55. The van der Waals surface area contributed by atoms with Gasteiger partial charge in [-0.3, -0.25) is 0 Å². The number of aryl methyl sites for hydroxylation is 1. The highest BCUT2D eigenvalue weighted by atomic mass is 16.3. The fourth-order valence-electron chi connectivity index (χ4n) is 5.69. The van der Waals surface area contributed by atoms with Crippen molar-refractivity contribution in [3.8, 4) is 0 Å². The van der Waals surface area contributed by atoms with E-state index in [1.165, 1.54) is 43.6 Å². The van der Waals surface area contributed by atoms with Crippen LogP contribution >= 0.6 is 0 Å². The van der Waals surface area contributed by atoms with Crippen LogP contribution in [0, 0.1) is 0 Å². The van der Waals surface area contributed by atoms with Gasteiger partial charge in [0, 0.05) is 36.2 Å². The Kier molecular flexibility index (Phi) is 6.64. The van der Waals surface area contributed by atoms with Crippen molar-refractivity contribution in [2.45, 2.75) is 64.8 Å². The van der Waals surface area contributed by atoms with Crippen LogP contribution in [0.25, 0.3) is 32.4 Å². The Labute approximate surface area is 208 Å². The molecule has 0 saturated heterocycles. The van der Waals surface area contributed by atoms with E-state index < -0.39 is 5.60 Å². The van der Waals surface area contributed by atoms with Gasteiger partial charge in [0.1, 0.15) is 0 Å². The summed E-state index contributed by atoms with van der Waals surface area (Å²) in [6.45, 7) is 8.03. The number of nitrogens with zero attached hydrogens (tertiary/aromatic N) is 1. The van der Waals surface area contributed by atoms with Crippen LogP contribution in [0.3, 0.4) is 0 Å². The molecule has 5 aromatic rings. The standard InChI is InChI=1S/C32H36N2O/c1-4-32(35,5-2)31(20-25-22-34(6-3)30-18-12-11-17-28(25)30)33-21-29-26-15-9-7-13-23(26)19-24-14-8-10-16-27(24)29/h7-19,22,31,33,35H,4-6,20-21H2,1-3H3/t31-/m0/s1. The van der Waals surface area contributed by atoms with Gasteiger partial charge >= 0.3 is 0 Å². The lowest BCUT2D eigenvalue weighted by Gasteiger charge is -2.36. The van der Waals surface area contributed by atoms with E-state index in [1.807, 2.05) is 0 Å². The number of benzene rings is 4. The lowest BCUT2D eigenvalue weighted by atomic mass is 9.84. The van der Waals surface area contributed by atoms with E-state index in [1.54, 1.807) is 0 Å². The molecule has 0 aliphatic rings. The second-order valence-corrected chi connectivity index (χ2v) is 9.70. The zero-order chi connectivity index (χ0) is 24.4. The molecule has 180 valence electrons. The summed E-state index contributed by atoms with van der Waals surface area (Å²) in [5.41, 5.74) is 3.08. The third-order valence-corrected chi connectivity index (χ3v) is 7.92. The molecule has 0 spiro atoms. The molecule has 0 aliphatic carbocycles. The minimum atomic E-state index is -0.782. The molecule has 0 bridgehead atoms. The SMILES string of the molecule is CCn1cc(C[C@H](NCc2c3ccccc3cc3ccccc23)C(O)(CC)CC)c2ccccc21. The summed E-state index contributed by atoms with van der Waals surface area (Å²) in [5, 5.41) is 21.9. The van der Waals surface area contributed by atoms with Crippen molar-refractivity contribution >= 4 is 32.4 Å². The normalized spacial score (nSPS) is 13.1. The maximum absolute atomic E-state index is 11.7. The molecule has 35 heavy (non-hydrogen) atoms. The fourth-order valence-corrected chi connectivity index (χ4v) is 5.69. The fraction of sp³-hybridized carbons (Fsp3) is 0.312. The van der Waals surface area contributed by atoms with Gasteiger partial charge in [0.25, 0.3) is 0 Å². The van der Waals surface area contributed by atoms with E-state index in [0.29, 0.717) is 19.4 Å². The molecule has 0 radical (unpaired) electrons. The molecule has 0 unspecified atom stereocenters. The largest absolute Gasteiger partial charge is 0.388 e. The average Bonchev–Trinajstić information content (AvgIpc) is 3.27. The first kappa shape index (κ1) is 23.6. The van der Waals surface area contributed by atoms with Crippen LogP contribution in [0.5, 0.6) is 0 Å². The number of hydrogen-bond acceptors (Lipinski definition) is 2. The quantitative estimate of drug-likeness (QED) is 0.226. The minimum Gasteiger partial charge on any atom is -0.388 e. The first-order valence-corrected chi connectivity index (χ1v) is 13.0. The number of rotatable bonds is 9. The van der Waals surface area contributed by atoms with Crippen LogP contribution in [-0.2, 0) is 19.5 Å². The van der Waals surface area contributed by atoms with Crippen molar-refractivity contribution in [3.05, 3.63) is 96.2 Å². The zero-order valence-corrected chi connectivity index (χ0v) is 21.1. The van der Waals surface area contributed by atoms with Crippen molar-refractivity contribution in [3.63, 3.8) is 0 Å². The number of para-hydroxylation sites is 1. The number of fused-ring (bicyclic) bond motifs is 3. The molecule has 5 rings (SSSR count). The van der Waals surface area contributed by atoms with Gasteiger partial charge in [0.15, 0.2) is 0 Å². The first-order valence-electron chi connectivity index (χ1n) is 13.0. The van der Waals surface area contributed by atoms with Crippen LogP contribution in [0.15, 0.2) is 85.1 Å². The lowest BCUT2D eigenvalue weighted by molar-refractivity contribution is -0.00640. The molecule has 0 aliphatic heterocycles. The highest BCUT2D eigenvalue weighted by Gasteiger charge is 2.34. The maximum atomic E-state index is 11.7. The van der Waals surface area contributed by atoms with Gasteiger partial charge in [-0.2, -0.15) is 0 Å². The molecule has 3 heteroatoms. The van der Waals surface area contributed by atoms with Gasteiger partial charge in [-0.1, -0.05) is 80.6 Å². The van der Waals surface area contributed by atoms with Gasteiger partial charge in [-0.25, -0.2) is 0 Å². The summed E-state index contributed by atoms with van der Waals surface area (Å²) < 4.78 is 2.32. The number of aliphatic hydroxyl groups is 1. The van der Waals surface area contributed by atoms with E-state index in [4.69, 9.17) is 0 Å². The smallest absolute Gasteiger partial charge is 0.0798 e. The summed E-state index contributed by atoms with van der Waals surface area (Å²) >= 11 is 0. The monoisotopic (exact) mass is 464 g/mol. The molecule has 3 nitrogen and oxygen atoms in total. The molecule has 4 aromatic carbocycles. The van der Waals surface area contributed by atoms with Gasteiger partial charge in [-0.15, -0.1) is 0 Å². The molecule has 2 N–H and O–H groups in total. The van der Waals surface area contributed by atoms with Crippen LogP contribution in [-0.4, -0.2) is 21.3 Å².